The first-order chi connectivity index (χ1) is 21.1. The summed E-state index contributed by atoms with van der Waals surface area (Å²) in [5.41, 5.74) is 1.81. The molecule has 0 aliphatic carbocycles. The molecule has 0 saturated carbocycles. The molecule has 2 heterocycles. The molecule has 42 heavy (non-hydrogen) atoms. The monoisotopic (exact) mass is 583 g/mol. The molecule has 0 aliphatic heterocycles. The smallest absolute Gasteiger partial charge is 0.355 e. The fourth-order valence-corrected chi connectivity index (χ4v) is 4.52. The van der Waals surface area contributed by atoms with E-state index in [-0.39, 0.29) is 61.2 Å². The lowest BCUT2D eigenvalue weighted by atomic mass is 9.98. The number of aromatic nitrogens is 2. The Labute approximate surface area is 250 Å². The standard InChI is InChI=1S/C32H40N2O8/c1-19-22(13-15-26(35)39-6)24(33-28(19)30(37)41-18-21-11-9-8-10-12-21)17-25-23(14-16-27(36)40-7)20(2)29(34-25)31(38)42-32(3,4)5/h8-12,33-34H,13-18H2,1-7H3/i2D3. The van der Waals surface area contributed by atoms with Gasteiger partial charge >= 0.3 is 23.9 Å². The van der Waals surface area contributed by atoms with Gasteiger partial charge in [0.1, 0.15) is 23.6 Å². The summed E-state index contributed by atoms with van der Waals surface area (Å²) < 4.78 is 45.4. The van der Waals surface area contributed by atoms with E-state index < -0.39 is 36.3 Å². The van der Waals surface area contributed by atoms with Gasteiger partial charge in [0.15, 0.2) is 0 Å². The van der Waals surface area contributed by atoms with Crippen LogP contribution in [0.1, 0.15) is 97.9 Å². The van der Waals surface area contributed by atoms with Crippen LogP contribution in [0.25, 0.3) is 0 Å². The average Bonchev–Trinajstić information content (AvgIpc) is 3.50. The van der Waals surface area contributed by atoms with Crippen molar-refractivity contribution >= 4 is 23.9 Å². The highest BCUT2D eigenvalue weighted by Gasteiger charge is 2.27. The molecule has 0 bridgehead atoms. The molecule has 2 aromatic heterocycles. The molecule has 10 heteroatoms. The number of rotatable bonds is 12. The van der Waals surface area contributed by atoms with E-state index in [4.69, 9.17) is 23.1 Å². The second kappa shape index (κ2) is 14.0. The SMILES string of the molecule is [2H]C([2H])([2H])c1c(C(=O)OC(C)(C)C)[nH]c(Cc2[nH]c(C(=O)OCc3ccccc3)c(C)c2CCC(=O)OC)c1CCC(=O)OC. The predicted molar refractivity (Wildman–Crippen MR) is 155 cm³/mol. The number of methoxy groups -OCH3 is 2. The minimum absolute atomic E-state index is 0.00565. The predicted octanol–water partition coefficient (Wildman–Crippen LogP) is 5.07. The molecule has 3 aromatic rings. The normalized spacial score (nSPS) is 12.6. The third-order valence-electron chi connectivity index (χ3n) is 6.65. The molecule has 3 rings (SSSR count). The molecule has 0 aliphatic rings. The molecule has 0 spiro atoms. The zero-order chi connectivity index (χ0) is 33.5. The van der Waals surface area contributed by atoms with Gasteiger partial charge in [0.2, 0.25) is 0 Å². The van der Waals surface area contributed by atoms with E-state index in [1.807, 2.05) is 30.3 Å². The summed E-state index contributed by atoms with van der Waals surface area (Å²) in [5.74, 6) is -2.49. The summed E-state index contributed by atoms with van der Waals surface area (Å²) in [6.45, 7) is 4.01. The van der Waals surface area contributed by atoms with Crippen molar-refractivity contribution in [3.05, 3.63) is 80.9 Å². The van der Waals surface area contributed by atoms with Crippen molar-refractivity contribution in [3.8, 4) is 0 Å². The van der Waals surface area contributed by atoms with Gasteiger partial charge in [0, 0.05) is 34.8 Å². The van der Waals surface area contributed by atoms with Crippen molar-refractivity contribution in [2.45, 2.75) is 78.9 Å². The highest BCUT2D eigenvalue weighted by Crippen LogP contribution is 2.28. The van der Waals surface area contributed by atoms with Crippen molar-refractivity contribution in [2.24, 2.45) is 0 Å². The molecule has 0 atom stereocenters. The first kappa shape index (κ1) is 27.8. The van der Waals surface area contributed by atoms with Crippen LogP contribution in [0.4, 0.5) is 0 Å². The zero-order valence-corrected chi connectivity index (χ0v) is 24.9. The van der Waals surface area contributed by atoms with Gasteiger partial charge in [-0.1, -0.05) is 30.3 Å². The van der Waals surface area contributed by atoms with Crippen molar-refractivity contribution in [1.29, 1.82) is 0 Å². The lowest BCUT2D eigenvalue weighted by Crippen LogP contribution is -2.24. The molecule has 0 fully saturated rings. The van der Waals surface area contributed by atoms with Crippen LogP contribution in [0, 0.1) is 13.8 Å². The third kappa shape index (κ3) is 8.34. The molecule has 226 valence electrons. The summed E-state index contributed by atoms with van der Waals surface area (Å²) in [5, 5.41) is 0. The van der Waals surface area contributed by atoms with E-state index in [0.717, 1.165) is 5.56 Å². The van der Waals surface area contributed by atoms with Gasteiger partial charge in [-0.2, -0.15) is 0 Å². The van der Waals surface area contributed by atoms with Crippen LogP contribution >= 0.6 is 0 Å². The molecular formula is C32H40N2O8. The van der Waals surface area contributed by atoms with Crippen molar-refractivity contribution < 1.29 is 42.2 Å². The van der Waals surface area contributed by atoms with E-state index >= 15 is 0 Å². The summed E-state index contributed by atoms with van der Waals surface area (Å²) in [6, 6.07) is 9.17. The molecule has 0 amide bonds. The number of carbonyl (C=O) groups is 4. The topological polar surface area (TPSA) is 137 Å². The third-order valence-corrected chi connectivity index (χ3v) is 6.65. The Kier molecular flexibility index (Phi) is 9.28. The van der Waals surface area contributed by atoms with Gasteiger partial charge < -0.3 is 28.9 Å². The number of aromatic amines is 2. The number of carbonyl (C=O) groups excluding carboxylic acids is 4. The van der Waals surface area contributed by atoms with E-state index in [9.17, 15) is 19.2 Å². The molecule has 2 N–H and O–H groups in total. The lowest BCUT2D eigenvalue weighted by Gasteiger charge is -2.19. The number of benzene rings is 1. The molecular weight excluding hydrogens is 540 g/mol. The summed E-state index contributed by atoms with van der Waals surface area (Å²) in [6.07, 6.45) is 0.0436. The highest BCUT2D eigenvalue weighted by molar-refractivity contribution is 5.91. The van der Waals surface area contributed by atoms with Gasteiger partial charge in [-0.3, -0.25) is 9.59 Å². The first-order valence-electron chi connectivity index (χ1n) is 15.1. The number of esters is 4. The van der Waals surface area contributed by atoms with Crippen LogP contribution in [-0.2, 0) is 54.4 Å². The maximum absolute atomic E-state index is 13.2. The molecule has 0 unspecified atom stereocenters. The highest BCUT2D eigenvalue weighted by atomic mass is 16.6. The van der Waals surface area contributed by atoms with Crippen LogP contribution in [0.15, 0.2) is 30.3 Å². The molecule has 1 aromatic carbocycles. The van der Waals surface area contributed by atoms with Crippen LogP contribution in [0.3, 0.4) is 0 Å². The minimum atomic E-state index is -2.74. The van der Waals surface area contributed by atoms with Crippen molar-refractivity contribution in [3.63, 3.8) is 0 Å². The van der Waals surface area contributed by atoms with Crippen LogP contribution in [-0.4, -0.2) is 53.7 Å². The van der Waals surface area contributed by atoms with Gasteiger partial charge in [-0.25, -0.2) is 9.59 Å². The number of hydrogen-bond donors (Lipinski definition) is 2. The number of nitrogens with one attached hydrogen (secondary N) is 2. The largest absolute Gasteiger partial charge is 0.469 e. The Bertz CT molecular complexity index is 1530. The number of ether oxygens (including phenoxy) is 4. The van der Waals surface area contributed by atoms with Crippen LogP contribution in [0.2, 0.25) is 0 Å². The molecule has 10 nitrogen and oxygen atoms in total. The molecule has 0 radical (unpaired) electrons. The maximum Gasteiger partial charge on any atom is 0.355 e. The van der Waals surface area contributed by atoms with Crippen LogP contribution in [0.5, 0.6) is 0 Å². The van der Waals surface area contributed by atoms with E-state index in [0.29, 0.717) is 22.5 Å². The maximum atomic E-state index is 13.2. The summed E-state index contributed by atoms with van der Waals surface area (Å²) >= 11 is 0. The first-order valence-corrected chi connectivity index (χ1v) is 13.6. The average molecular weight is 584 g/mol. The van der Waals surface area contributed by atoms with Gasteiger partial charge in [-0.15, -0.1) is 0 Å². The van der Waals surface area contributed by atoms with Crippen molar-refractivity contribution in [1.82, 2.24) is 9.97 Å². The van der Waals surface area contributed by atoms with E-state index in [1.165, 1.54) is 14.2 Å². The quantitative estimate of drug-likeness (QED) is 0.223. The summed E-state index contributed by atoms with van der Waals surface area (Å²) in [7, 11) is 2.51. The van der Waals surface area contributed by atoms with E-state index in [1.54, 1.807) is 27.7 Å². The fraction of sp³-hybridized carbons (Fsp3) is 0.438. The number of hydrogen-bond acceptors (Lipinski definition) is 8. The second-order valence-corrected chi connectivity index (χ2v) is 10.8. The Hall–Kier alpha value is -4.34. The van der Waals surface area contributed by atoms with Gasteiger partial charge in [0.05, 0.1) is 14.2 Å². The van der Waals surface area contributed by atoms with E-state index in [2.05, 4.69) is 9.97 Å². The van der Waals surface area contributed by atoms with Crippen molar-refractivity contribution in [2.75, 3.05) is 14.2 Å². The van der Waals surface area contributed by atoms with Gasteiger partial charge in [-0.05, 0) is 75.2 Å². The Morgan fingerprint density at radius 3 is 1.83 bits per heavy atom. The van der Waals surface area contributed by atoms with Gasteiger partial charge in [0.25, 0.3) is 0 Å². The fourth-order valence-electron chi connectivity index (χ4n) is 4.52. The Balaban J connectivity index is 2.12. The number of H-pyrrole nitrogens is 2. The second-order valence-electron chi connectivity index (χ2n) is 10.8. The molecule has 0 saturated heterocycles. The van der Waals surface area contributed by atoms with Crippen LogP contribution < -0.4 is 0 Å². The zero-order valence-electron chi connectivity index (χ0n) is 27.9. The minimum Gasteiger partial charge on any atom is -0.469 e. The Morgan fingerprint density at radius 1 is 0.810 bits per heavy atom. The Morgan fingerprint density at radius 2 is 1.33 bits per heavy atom. The summed E-state index contributed by atoms with van der Waals surface area (Å²) in [4.78, 5) is 56.7. The lowest BCUT2D eigenvalue weighted by molar-refractivity contribution is -0.141.